The van der Waals surface area contributed by atoms with E-state index < -0.39 is 10.3 Å². The Hall–Kier alpha value is -0.170. The third kappa shape index (κ3) is 3.41. The summed E-state index contributed by atoms with van der Waals surface area (Å²) < 4.78 is 33.6. The molecule has 0 atom stereocenters. The van der Waals surface area contributed by atoms with Gasteiger partial charge in [0.1, 0.15) is 6.73 Å². The van der Waals surface area contributed by atoms with Crippen LogP contribution in [0.3, 0.4) is 0 Å². The molecule has 0 aliphatic heterocycles. The maximum atomic E-state index is 10.1. The van der Waals surface area contributed by atoms with Crippen molar-refractivity contribution in [2.75, 3.05) is 20.9 Å². The summed E-state index contributed by atoms with van der Waals surface area (Å²) >= 11 is 0. The van der Waals surface area contributed by atoms with E-state index in [1.54, 1.807) is 0 Å². The number of methoxy groups -OCH3 is 1. The van der Waals surface area contributed by atoms with Crippen LogP contribution in [-0.2, 0) is 15.0 Å². The van der Waals surface area contributed by atoms with Crippen LogP contribution in [0.2, 0.25) is 0 Å². The van der Waals surface area contributed by atoms with Gasteiger partial charge in [-0.15, -0.1) is 0 Å². The predicted octanol–water partition coefficient (Wildman–Crippen LogP) is -0.675. The van der Waals surface area contributed by atoms with Crippen molar-refractivity contribution < 1.29 is 17.7 Å². The van der Waals surface area contributed by atoms with Gasteiger partial charge in [0.2, 0.25) is 0 Å². The van der Waals surface area contributed by atoms with Crippen molar-refractivity contribution in [3.8, 4) is 0 Å². The Morgan fingerprint density at radius 1 is 1.67 bits per heavy atom. The number of hydrogen-bond acceptors (Lipinski definition) is 3. The van der Waals surface area contributed by atoms with Gasteiger partial charge in [-0.2, -0.15) is 12.7 Å². The molecule has 0 amide bonds. The third-order valence-corrected chi connectivity index (χ3v) is 1.60. The van der Waals surface area contributed by atoms with Crippen molar-refractivity contribution in [3.05, 3.63) is 0 Å². The van der Waals surface area contributed by atoms with Gasteiger partial charge in [0.05, 0.1) is 0 Å². The molecule has 0 radical (unpaired) electrons. The summed E-state index contributed by atoms with van der Waals surface area (Å²) in [6.45, 7) is -0.140. The van der Waals surface area contributed by atoms with Crippen molar-refractivity contribution in [2.45, 2.75) is 0 Å². The molecule has 0 fully saturated rings. The summed E-state index contributed by atoms with van der Waals surface area (Å²) in [6.07, 6.45) is 0. The van der Waals surface area contributed by atoms with Crippen LogP contribution in [0, 0.1) is 0 Å². The fourth-order valence-electron chi connectivity index (χ4n) is 0.248. The van der Waals surface area contributed by atoms with E-state index in [9.17, 15) is 8.42 Å². The molecule has 0 bridgehead atoms. The highest BCUT2D eigenvalue weighted by molar-refractivity contribution is 7.83. The van der Waals surface area contributed by atoms with E-state index in [4.69, 9.17) is 4.55 Å². The molecule has 0 aliphatic rings. The van der Waals surface area contributed by atoms with Gasteiger partial charge in [-0.25, -0.2) is 0 Å². The smallest absolute Gasteiger partial charge is 0.337 e. The van der Waals surface area contributed by atoms with Crippen LogP contribution in [0.4, 0.5) is 0 Å². The monoisotopic (exact) mass is 155 g/mol. The first kappa shape index (κ1) is 8.83. The molecule has 5 nitrogen and oxygen atoms in total. The molecule has 9 heavy (non-hydrogen) atoms. The molecular weight excluding hydrogens is 146 g/mol. The van der Waals surface area contributed by atoms with Crippen LogP contribution >= 0.6 is 0 Å². The van der Waals surface area contributed by atoms with Crippen molar-refractivity contribution in [2.24, 2.45) is 0 Å². The van der Waals surface area contributed by atoms with E-state index in [0.29, 0.717) is 4.31 Å². The van der Waals surface area contributed by atoms with Gasteiger partial charge >= 0.3 is 10.3 Å². The molecule has 0 rings (SSSR count). The normalized spacial score (nSPS) is 12.4. The van der Waals surface area contributed by atoms with Gasteiger partial charge in [0.25, 0.3) is 0 Å². The molecule has 0 aromatic rings. The van der Waals surface area contributed by atoms with Gasteiger partial charge in [-0.05, 0) is 0 Å². The zero-order chi connectivity index (χ0) is 7.49. The molecule has 0 spiro atoms. The van der Waals surface area contributed by atoms with E-state index in [-0.39, 0.29) is 6.73 Å². The van der Waals surface area contributed by atoms with Crippen molar-refractivity contribution >= 4 is 10.3 Å². The Labute approximate surface area is 54.1 Å². The lowest BCUT2D eigenvalue weighted by atomic mass is 11.1. The lowest BCUT2D eigenvalue weighted by molar-refractivity contribution is 0.125. The molecule has 0 aliphatic carbocycles. The molecule has 1 N–H and O–H groups in total. The average Bonchev–Trinajstić information content (AvgIpc) is 1.64. The fraction of sp³-hybridized carbons (Fsp3) is 1.00. The Morgan fingerprint density at radius 3 is 2.22 bits per heavy atom. The molecular formula is C3H9NO4S. The number of ether oxygens (including phenoxy) is 1. The topological polar surface area (TPSA) is 66.8 Å². The SMILES string of the molecule is COCN(C)S(=O)(=O)O. The molecule has 6 heteroatoms. The third-order valence-electron chi connectivity index (χ3n) is 0.705. The molecule has 0 unspecified atom stereocenters. The van der Waals surface area contributed by atoms with E-state index >= 15 is 0 Å². The number of hydrogen-bond donors (Lipinski definition) is 1. The van der Waals surface area contributed by atoms with Crippen LogP contribution in [0.25, 0.3) is 0 Å². The van der Waals surface area contributed by atoms with Crippen LogP contribution in [0.1, 0.15) is 0 Å². The second kappa shape index (κ2) is 3.11. The fourth-order valence-corrected chi connectivity index (χ4v) is 0.487. The maximum Gasteiger partial charge on any atom is 0.337 e. The summed E-state index contributed by atoms with van der Waals surface area (Å²) in [6, 6.07) is 0. The quantitative estimate of drug-likeness (QED) is 0.433. The minimum absolute atomic E-state index is 0.140. The molecule has 0 aromatic carbocycles. The highest BCUT2D eigenvalue weighted by Gasteiger charge is 2.10. The van der Waals surface area contributed by atoms with Crippen molar-refractivity contribution in [3.63, 3.8) is 0 Å². The van der Waals surface area contributed by atoms with Crippen LogP contribution < -0.4 is 0 Å². The van der Waals surface area contributed by atoms with E-state index in [1.165, 1.54) is 14.2 Å². The van der Waals surface area contributed by atoms with Gasteiger partial charge in [0, 0.05) is 14.2 Å². The lowest BCUT2D eigenvalue weighted by Crippen LogP contribution is -2.27. The van der Waals surface area contributed by atoms with Crippen LogP contribution in [-0.4, -0.2) is 38.2 Å². The van der Waals surface area contributed by atoms with Crippen LogP contribution in [0.15, 0.2) is 0 Å². The lowest BCUT2D eigenvalue weighted by Gasteiger charge is -2.09. The molecule has 0 saturated heterocycles. The van der Waals surface area contributed by atoms with E-state index in [2.05, 4.69) is 4.74 Å². The largest absolute Gasteiger partial charge is 0.368 e. The minimum atomic E-state index is -4.06. The first-order valence-electron chi connectivity index (χ1n) is 2.16. The molecule has 0 aromatic heterocycles. The van der Waals surface area contributed by atoms with Crippen molar-refractivity contribution in [1.82, 2.24) is 4.31 Å². The molecule has 0 saturated carbocycles. The first-order valence-corrected chi connectivity index (χ1v) is 3.56. The molecule has 0 heterocycles. The number of rotatable bonds is 3. The van der Waals surface area contributed by atoms with E-state index in [0.717, 1.165) is 0 Å². The Morgan fingerprint density at radius 2 is 2.11 bits per heavy atom. The zero-order valence-electron chi connectivity index (χ0n) is 5.23. The average molecular weight is 155 g/mol. The second-order valence-electron chi connectivity index (χ2n) is 1.49. The van der Waals surface area contributed by atoms with Gasteiger partial charge < -0.3 is 4.74 Å². The summed E-state index contributed by atoms with van der Waals surface area (Å²) in [4.78, 5) is 0. The standard InChI is InChI=1S/C3H9NO4S/c1-4(3-8-2)9(5,6)7/h3H2,1-2H3,(H,5,6,7). The summed E-state index contributed by atoms with van der Waals surface area (Å²) in [5.74, 6) is 0. The Kier molecular flexibility index (Phi) is 3.06. The zero-order valence-corrected chi connectivity index (χ0v) is 6.05. The second-order valence-corrected chi connectivity index (χ2v) is 3.01. The Balaban J connectivity index is 3.90. The number of nitrogens with zero attached hydrogens (tertiary/aromatic N) is 1. The van der Waals surface area contributed by atoms with E-state index in [1.807, 2.05) is 0 Å². The minimum Gasteiger partial charge on any atom is -0.368 e. The summed E-state index contributed by atoms with van der Waals surface area (Å²) in [5, 5.41) is 0. The first-order chi connectivity index (χ1) is 3.98. The highest BCUT2D eigenvalue weighted by Crippen LogP contribution is 1.89. The summed E-state index contributed by atoms with van der Waals surface area (Å²) in [5.41, 5.74) is 0. The van der Waals surface area contributed by atoms with Gasteiger partial charge in [-0.1, -0.05) is 0 Å². The van der Waals surface area contributed by atoms with Crippen LogP contribution in [0.5, 0.6) is 0 Å². The Bertz CT molecular complexity index is 163. The summed E-state index contributed by atoms with van der Waals surface area (Å²) in [7, 11) is -1.51. The highest BCUT2D eigenvalue weighted by atomic mass is 32.2. The maximum absolute atomic E-state index is 10.1. The molecule has 56 valence electrons. The van der Waals surface area contributed by atoms with Crippen molar-refractivity contribution in [1.29, 1.82) is 0 Å². The van der Waals surface area contributed by atoms with Gasteiger partial charge in [0.15, 0.2) is 0 Å². The predicted molar refractivity (Wildman–Crippen MR) is 31.2 cm³/mol. The van der Waals surface area contributed by atoms with Gasteiger partial charge in [-0.3, -0.25) is 4.55 Å².